The standard InChI is InChI=1S/C21H25N5O2/c1-13(2)14-5-7-15(8-6-14)17-12-18(26-21(22-17)23-24-25-26)16-9-10-19(27-3)20(11-16)28-4/h5-11,13,17-18H,12H2,1-4H3,(H,22,23,25)/t17-,18-/m0/s1. The van der Waals surface area contributed by atoms with E-state index in [1.165, 1.54) is 11.1 Å². The zero-order valence-corrected chi connectivity index (χ0v) is 16.6. The Morgan fingerprint density at radius 2 is 1.71 bits per heavy atom. The van der Waals surface area contributed by atoms with Crippen molar-refractivity contribution in [2.24, 2.45) is 0 Å². The number of nitrogens with one attached hydrogen (secondary N) is 1. The second-order valence-electron chi connectivity index (χ2n) is 7.33. The number of ether oxygens (including phenoxy) is 2. The third-order valence-electron chi connectivity index (χ3n) is 5.35. The third kappa shape index (κ3) is 3.28. The highest BCUT2D eigenvalue weighted by molar-refractivity contribution is 5.46. The Kier molecular flexibility index (Phi) is 4.90. The smallest absolute Gasteiger partial charge is 0.243 e. The molecule has 0 bridgehead atoms. The fourth-order valence-corrected chi connectivity index (χ4v) is 3.71. The number of anilines is 1. The summed E-state index contributed by atoms with van der Waals surface area (Å²) in [5.41, 5.74) is 3.64. The van der Waals surface area contributed by atoms with Gasteiger partial charge < -0.3 is 14.8 Å². The van der Waals surface area contributed by atoms with E-state index in [0.29, 0.717) is 23.4 Å². The molecule has 0 unspecified atom stereocenters. The van der Waals surface area contributed by atoms with Crippen LogP contribution in [0.5, 0.6) is 11.5 Å². The quantitative estimate of drug-likeness (QED) is 0.723. The summed E-state index contributed by atoms with van der Waals surface area (Å²) in [6.45, 7) is 4.41. The molecule has 0 aliphatic carbocycles. The fraction of sp³-hybridized carbons (Fsp3) is 0.381. The average molecular weight is 379 g/mol. The number of methoxy groups -OCH3 is 2. The van der Waals surface area contributed by atoms with Gasteiger partial charge in [0, 0.05) is 0 Å². The number of rotatable bonds is 5. The van der Waals surface area contributed by atoms with Crippen LogP contribution in [-0.2, 0) is 0 Å². The lowest BCUT2D eigenvalue weighted by atomic mass is 9.92. The van der Waals surface area contributed by atoms with E-state index in [9.17, 15) is 0 Å². The predicted molar refractivity (Wildman–Crippen MR) is 107 cm³/mol. The van der Waals surface area contributed by atoms with Crippen LogP contribution >= 0.6 is 0 Å². The summed E-state index contributed by atoms with van der Waals surface area (Å²) in [7, 11) is 3.28. The highest BCUT2D eigenvalue weighted by Gasteiger charge is 2.31. The lowest BCUT2D eigenvalue weighted by Gasteiger charge is -2.31. The number of fused-ring (bicyclic) bond motifs is 1. The van der Waals surface area contributed by atoms with E-state index in [4.69, 9.17) is 9.47 Å². The van der Waals surface area contributed by atoms with Gasteiger partial charge in [0.05, 0.1) is 26.3 Å². The second kappa shape index (κ2) is 7.50. The molecule has 3 aromatic rings. The van der Waals surface area contributed by atoms with Gasteiger partial charge in [-0.15, -0.1) is 0 Å². The SMILES string of the molecule is COc1ccc([C@@H]2C[C@@H](c3ccc(C(C)C)cc3)Nc3nnnn32)cc1OC. The molecule has 1 N–H and O–H groups in total. The van der Waals surface area contributed by atoms with E-state index >= 15 is 0 Å². The minimum absolute atomic E-state index is 0.000770. The molecule has 0 radical (unpaired) electrons. The molecule has 1 aliphatic rings. The van der Waals surface area contributed by atoms with E-state index in [1.807, 2.05) is 22.9 Å². The van der Waals surface area contributed by atoms with Gasteiger partial charge in [-0.3, -0.25) is 0 Å². The van der Waals surface area contributed by atoms with Crippen molar-refractivity contribution in [2.45, 2.75) is 38.3 Å². The number of nitrogens with zero attached hydrogens (tertiary/aromatic N) is 4. The monoisotopic (exact) mass is 379 g/mol. The second-order valence-corrected chi connectivity index (χ2v) is 7.33. The van der Waals surface area contributed by atoms with Crippen LogP contribution in [0.3, 0.4) is 0 Å². The average Bonchev–Trinajstić information content (AvgIpc) is 3.21. The maximum Gasteiger partial charge on any atom is 0.243 e. The molecule has 2 heterocycles. The summed E-state index contributed by atoms with van der Waals surface area (Å²) < 4.78 is 12.7. The Bertz CT molecular complexity index is 952. The van der Waals surface area contributed by atoms with Gasteiger partial charge in [0.2, 0.25) is 5.95 Å². The molecule has 1 aromatic heterocycles. The first-order chi connectivity index (χ1) is 13.6. The first-order valence-corrected chi connectivity index (χ1v) is 9.47. The van der Waals surface area contributed by atoms with Gasteiger partial charge in [0.25, 0.3) is 0 Å². The maximum absolute atomic E-state index is 5.48. The molecule has 0 spiro atoms. The molecule has 7 heteroatoms. The number of hydrogen-bond donors (Lipinski definition) is 1. The molecule has 2 atom stereocenters. The fourth-order valence-electron chi connectivity index (χ4n) is 3.71. The van der Waals surface area contributed by atoms with Crippen molar-refractivity contribution in [3.63, 3.8) is 0 Å². The largest absolute Gasteiger partial charge is 0.493 e. The molecule has 0 amide bonds. The van der Waals surface area contributed by atoms with E-state index in [-0.39, 0.29) is 12.1 Å². The number of hydrogen-bond acceptors (Lipinski definition) is 6. The maximum atomic E-state index is 5.48. The van der Waals surface area contributed by atoms with Crippen LogP contribution in [0.4, 0.5) is 5.95 Å². The van der Waals surface area contributed by atoms with Crippen molar-refractivity contribution >= 4 is 5.95 Å². The molecule has 0 saturated carbocycles. The van der Waals surface area contributed by atoms with Gasteiger partial charge in [-0.05, 0) is 51.6 Å². The van der Waals surface area contributed by atoms with Gasteiger partial charge in [-0.1, -0.05) is 49.3 Å². The van der Waals surface area contributed by atoms with Crippen molar-refractivity contribution in [3.8, 4) is 11.5 Å². The van der Waals surface area contributed by atoms with Gasteiger partial charge in [-0.2, -0.15) is 0 Å². The molecule has 4 rings (SSSR count). The van der Waals surface area contributed by atoms with Crippen LogP contribution in [0.15, 0.2) is 42.5 Å². The third-order valence-corrected chi connectivity index (χ3v) is 5.35. The van der Waals surface area contributed by atoms with Crippen LogP contribution in [0.2, 0.25) is 0 Å². The highest BCUT2D eigenvalue weighted by Crippen LogP contribution is 2.39. The van der Waals surface area contributed by atoms with E-state index < -0.39 is 0 Å². The first kappa shape index (κ1) is 18.3. The van der Waals surface area contributed by atoms with E-state index in [2.05, 4.69) is 59.0 Å². The van der Waals surface area contributed by atoms with Crippen LogP contribution in [0.1, 0.15) is 55.0 Å². The number of benzene rings is 2. The molecule has 28 heavy (non-hydrogen) atoms. The lowest BCUT2D eigenvalue weighted by Crippen LogP contribution is -2.28. The van der Waals surface area contributed by atoms with Crippen molar-refractivity contribution in [2.75, 3.05) is 19.5 Å². The van der Waals surface area contributed by atoms with Crippen molar-refractivity contribution < 1.29 is 9.47 Å². The predicted octanol–water partition coefficient (Wildman–Crippen LogP) is 3.96. The highest BCUT2D eigenvalue weighted by atomic mass is 16.5. The van der Waals surface area contributed by atoms with Gasteiger partial charge in [0.1, 0.15) is 0 Å². The Hall–Kier alpha value is -3.09. The normalized spacial score (nSPS) is 18.5. The molecule has 0 fully saturated rings. The molecular weight excluding hydrogens is 354 g/mol. The molecule has 1 aliphatic heterocycles. The summed E-state index contributed by atoms with van der Waals surface area (Å²) in [5, 5.41) is 15.7. The van der Waals surface area contributed by atoms with Crippen LogP contribution in [-0.4, -0.2) is 34.4 Å². The molecule has 146 valence electrons. The Labute approximate surface area is 164 Å². The molecule has 2 aromatic carbocycles. The topological polar surface area (TPSA) is 74.1 Å². The zero-order chi connectivity index (χ0) is 19.7. The van der Waals surface area contributed by atoms with Gasteiger partial charge in [-0.25, -0.2) is 4.68 Å². The van der Waals surface area contributed by atoms with Gasteiger partial charge >= 0.3 is 0 Å². The molecule has 7 nitrogen and oxygen atoms in total. The van der Waals surface area contributed by atoms with E-state index in [1.54, 1.807) is 14.2 Å². The van der Waals surface area contributed by atoms with Crippen LogP contribution < -0.4 is 14.8 Å². The van der Waals surface area contributed by atoms with E-state index in [0.717, 1.165) is 12.0 Å². The summed E-state index contributed by atoms with van der Waals surface area (Å²) >= 11 is 0. The number of aromatic nitrogens is 4. The Morgan fingerprint density at radius 1 is 1.00 bits per heavy atom. The zero-order valence-electron chi connectivity index (χ0n) is 16.6. The summed E-state index contributed by atoms with van der Waals surface area (Å²) in [6.07, 6.45) is 0.828. The molecule has 0 saturated heterocycles. The van der Waals surface area contributed by atoms with Crippen molar-refractivity contribution in [3.05, 3.63) is 59.2 Å². The van der Waals surface area contributed by atoms with Crippen LogP contribution in [0, 0.1) is 0 Å². The summed E-state index contributed by atoms with van der Waals surface area (Å²) in [4.78, 5) is 0. The minimum atomic E-state index is 0.000770. The first-order valence-electron chi connectivity index (χ1n) is 9.47. The van der Waals surface area contributed by atoms with Crippen molar-refractivity contribution in [1.29, 1.82) is 0 Å². The van der Waals surface area contributed by atoms with Crippen LogP contribution in [0.25, 0.3) is 0 Å². The van der Waals surface area contributed by atoms with Crippen molar-refractivity contribution in [1.82, 2.24) is 20.2 Å². The Morgan fingerprint density at radius 3 is 2.39 bits per heavy atom. The Balaban J connectivity index is 1.68. The lowest BCUT2D eigenvalue weighted by molar-refractivity contribution is 0.352. The summed E-state index contributed by atoms with van der Waals surface area (Å²) in [5.74, 6) is 2.59. The minimum Gasteiger partial charge on any atom is -0.493 e. The summed E-state index contributed by atoms with van der Waals surface area (Å²) in [6, 6.07) is 14.9. The number of tetrazole rings is 1. The molecular formula is C21H25N5O2. The van der Waals surface area contributed by atoms with Gasteiger partial charge in [0.15, 0.2) is 11.5 Å².